The van der Waals surface area contributed by atoms with Crippen LogP contribution < -0.4 is 0 Å². The van der Waals surface area contributed by atoms with Crippen LogP contribution in [0.4, 0.5) is 0 Å². The third kappa shape index (κ3) is 2.60. The molecule has 0 amide bonds. The maximum absolute atomic E-state index is 4.61. The van der Waals surface area contributed by atoms with E-state index >= 15 is 0 Å². The zero-order valence-corrected chi connectivity index (χ0v) is 14.7. The molecule has 0 spiro atoms. The maximum atomic E-state index is 4.61. The smallest absolute Gasteiger partial charge is 0.159 e. The first kappa shape index (κ1) is 15.0. The van der Waals surface area contributed by atoms with E-state index in [1.807, 2.05) is 39.8 Å². The van der Waals surface area contributed by atoms with Crippen molar-refractivity contribution in [3.8, 4) is 16.9 Å². The lowest BCUT2D eigenvalue weighted by atomic mass is 10.1. The molecule has 0 saturated heterocycles. The van der Waals surface area contributed by atoms with Crippen LogP contribution in [0.15, 0.2) is 79.0 Å². The summed E-state index contributed by atoms with van der Waals surface area (Å²) in [4.78, 5) is 10.0. The van der Waals surface area contributed by atoms with Crippen LogP contribution in [0.5, 0.6) is 0 Å². The highest BCUT2D eigenvalue weighted by Crippen LogP contribution is 2.25. The normalized spacial score (nSPS) is 11.2. The Hall–Kier alpha value is -3.25. The Balaban J connectivity index is 1.60. The molecule has 6 heteroatoms. The molecule has 4 heterocycles. The average molecular weight is 357 g/mol. The molecule has 126 valence electrons. The molecule has 1 aromatic carbocycles. The van der Waals surface area contributed by atoms with Crippen molar-refractivity contribution in [2.75, 3.05) is 0 Å². The molecule has 26 heavy (non-hydrogen) atoms. The first-order valence-electron chi connectivity index (χ1n) is 8.31. The van der Waals surface area contributed by atoms with E-state index in [1.165, 1.54) is 4.88 Å². The van der Waals surface area contributed by atoms with Crippen LogP contribution in [0.2, 0.25) is 0 Å². The fourth-order valence-corrected chi connectivity index (χ4v) is 3.85. The molecule has 0 unspecified atom stereocenters. The zero-order valence-electron chi connectivity index (χ0n) is 13.9. The Labute approximate surface area is 154 Å². The van der Waals surface area contributed by atoms with Crippen molar-refractivity contribution in [1.82, 2.24) is 24.1 Å². The van der Waals surface area contributed by atoms with Crippen LogP contribution in [-0.2, 0) is 6.42 Å². The van der Waals surface area contributed by atoms with Gasteiger partial charge in [-0.1, -0.05) is 18.2 Å². The van der Waals surface area contributed by atoms with Crippen LogP contribution in [-0.4, -0.2) is 24.1 Å². The molecule has 0 atom stereocenters. The highest BCUT2D eigenvalue weighted by atomic mass is 32.1. The standard InChI is InChI=1S/C20H15N5S/c1-3-15(11-17(4-1)24-9-8-21-14-24)19-6-7-22-20-16(13-23-25(19)20)12-18-5-2-10-26-18/h1-11,13-14H,12H2. The van der Waals surface area contributed by atoms with Gasteiger partial charge in [-0.2, -0.15) is 5.10 Å². The Morgan fingerprint density at radius 2 is 2.04 bits per heavy atom. The van der Waals surface area contributed by atoms with Crippen molar-refractivity contribution >= 4 is 17.0 Å². The topological polar surface area (TPSA) is 48.0 Å². The molecule has 5 rings (SSSR count). The SMILES string of the molecule is c1cc(-c2ccnc3c(Cc4cccs4)cnn23)cc(-n2ccnc2)c1. The van der Waals surface area contributed by atoms with E-state index in [2.05, 4.69) is 50.8 Å². The summed E-state index contributed by atoms with van der Waals surface area (Å²) in [5.41, 5.74) is 5.23. The van der Waals surface area contributed by atoms with Gasteiger partial charge in [0, 0.05) is 46.7 Å². The molecule has 0 aliphatic heterocycles. The second kappa shape index (κ2) is 6.24. The number of imidazole rings is 1. The summed E-state index contributed by atoms with van der Waals surface area (Å²) < 4.78 is 3.92. The van der Waals surface area contributed by atoms with Crippen molar-refractivity contribution in [3.63, 3.8) is 0 Å². The Morgan fingerprint density at radius 3 is 2.88 bits per heavy atom. The third-order valence-corrected chi connectivity index (χ3v) is 5.24. The van der Waals surface area contributed by atoms with Gasteiger partial charge in [0.2, 0.25) is 0 Å². The van der Waals surface area contributed by atoms with Gasteiger partial charge < -0.3 is 4.57 Å². The number of thiophene rings is 1. The predicted molar refractivity (Wildman–Crippen MR) is 103 cm³/mol. The van der Waals surface area contributed by atoms with Crippen LogP contribution in [0.1, 0.15) is 10.4 Å². The highest BCUT2D eigenvalue weighted by Gasteiger charge is 2.11. The molecular weight excluding hydrogens is 342 g/mol. The number of aromatic nitrogens is 5. The molecule has 0 saturated carbocycles. The molecule has 0 aliphatic carbocycles. The molecule has 0 aliphatic rings. The van der Waals surface area contributed by atoms with Gasteiger partial charge >= 0.3 is 0 Å². The fourth-order valence-electron chi connectivity index (χ4n) is 3.12. The minimum absolute atomic E-state index is 0.854. The number of hydrogen-bond donors (Lipinski definition) is 0. The molecule has 0 fully saturated rings. The second-order valence-corrected chi connectivity index (χ2v) is 7.04. The van der Waals surface area contributed by atoms with Crippen molar-refractivity contribution in [2.45, 2.75) is 6.42 Å². The number of fused-ring (bicyclic) bond motifs is 1. The van der Waals surface area contributed by atoms with E-state index in [1.54, 1.807) is 23.9 Å². The lowest BCUT2D eigenvalue weighted by Gasteiger charge is -2.08. The molecular formula is C20H15N5S. The fraction of sp³-hybridized carbons (Fsp3) is 0.0500. The summed E-state index contributed by atoms with van der Waals surface area (Å²) in [5.74, 6) is 0. The molecule has 0 radical (unpaired) electrons. The van der Waals surface area contributed by atoms with Gasteiger partial charge in [0.15, 0.2) is 5.65 Å². The van der Waals surface area contributed by atoms with E-state index in [0.717, 1.165) is 34.6 Å². The lowest BCUT2D eigenvalue weighted by Crippen LogP contribution is -1.97. The average Bonchev–Trinajstić information content (AvgIpc) is 3.44. The monoisotopic (exact) mass is 357 g/mol. The first-order chi connectivity index (χ1) is 12.9. The Bertz CT molecular complexity index is 1160. The molecule has 0 N–H and O–H groups in total. The number of hydrogen-bond acceptors (Lipinski definition) is 4. The van der Waals surface area contributed by atoms with E-state index in [4.69, 9.17) is 0 Å². The van der Waals surface area contributed by atoms with Gasteiger partial charge in [-0.25, -0.2) is 14.5 Å². The second-order valence-electron chi connectivity index (χ2n) is 6.01. The van der Waals surface area contributed by atoms with Gasteiger partial charge in [0.05, 0.1) is 18.2 Å². The van der Waals surface area contributed by atoms with Crippen molar-refractivity contribution in [1.29, 1.82) is 0 Å². The van der Waals surface area contributed by atoms with Crippen LogP contribution >= 0.6 is 11.3 Å². The number of nitrogens with zero attached hydrogens (tertiary/aromatic N) is 5. The molecule has 0 bridgehead atoms. The van der Waals surface area contributed by atoms with Crippen molar-refractivity contribution < 1.29 is 0 Å². The van der Waals surface area contributed by atoms with Crippen LogP contribution in [0.3, 0.4) is 0 Å². The van der Waals surface area contributed by atoms with E-state index in [0.29, 0.717) is 0 Å². The summed E-state index contributed by atoms with van der Waals surface area (Å²) in [6.07, 6.45) is 10.1. The molecule has 4 aromatic heterocycles. The lowest BCUT2D eigenvalue weighted by molar-refractivity contribution is 0.947. The van der Waals surface area contributed by atoms with E-state index < -0.39 is 0 Å². The predicted octanol–water partition coefficient (Wildman–Crippen LogP) is 4.23. The zero-order chi connectivity index (χ0) is 17.3. The third-order valence-electron chi connectivity index (χ3n) is 4.36. The van der Waals surface area contributed by atoms with Gasteiger partial charge in [-0.3, -0.25) is 0 Å². The van der Waals surface area contributed by atoms with E-state index in [-0.39, 0.29) is 0 Å². The summed E-state index contributed by atoms with van der Waals surface area (Å²) in [6, 6.07) is 14.6. The summed E-state index contributed by atoms with van der Waals surface area (Å²) in [5, 5.41) is 6.71. The minimum atomic E-state index is 0.854. The summed E-state index contributed by atoms with van der Waals surface area (Å²) >= 11 is 1.76. The maximum Gasteiger partial charge on any atom is 0.159 e. The number of rotatable bonds is 4. The van der Waals surface area contributed by atoms with Gasteiger partial charge in [-0.15, -0.1) is 11.3 Å². The minimum Gasteiger partial charge on any atom is -0.306 e. The molecule has 5 nitrogen and oxygen atoms in total. The first-order valence-corrected chi connectivity index (χ1v) is 9.19. The highest BCUT2D eigenvalue weighted by molar-refractivity contribution is 7.09. The summed E-state index contributed by atoms with van der Waals surface area (Å²) in [7, 11) is 0. The Kier molecular flexibility index (Phi) is 3.61. The summed E-state index contributed by atoms with van der Waals surface area (Å²) in [6.45, 7) is 0. The molecule has 5 aromatic rings. The van der Waals surface area contributed by atoms with Gasteiger partial charge in [-0.05, 0) is 29.6 Å². The van der Waals surface area contributed by atoms with Crippen molar-refractivity contribution in [2.24, 2.45) is 0 Å². The quantitative estimate of drug-likeness (QED) is 0.483. The van der Waals surface area contributed by atoms with Gasteiger partial charge in [0.25, 0.3) is 0 Å². The largest absolute Gasteiger partial charge is 0.306 e. The Morgan fingerprint density at radius 1 is 1.04 bits per heavy atom. The van der Waals surface area contributed by atoms with Crippen molar-refractivity contribution in [3.05, 3.63) is 89.4 Å². The van der Waals surface area contributed by atoms with E-state index in [9.17, 15) is 0 Å². The van der Waals surface area contributed by atoms with Crippen LogP contribution in [0, 0.1) is 0 Å². The number of benzene rings is 1. The van der Waals surface area contributed by atoms with Crippen LogP contribution in [0.25, 0.3) is 22.6 Å². The van der Waals surface area contributed by atoms with Gasteiger partial charge in [0.1, 0.15) is 0 Å².